The van der Waals surface area contributed by atoms with Gasteiger partial charge < -0.3 is 26.4 Å². The number of benzene rings is 1. The van der Waals surface area contributed by atoms with E-state index in [-0.39, 0.29) is 46.7 Å². The predicted octanol–water partition coefficient (Wildman–Crippen LogP) is 9.36. The first kappa shape index (κ1) is 48.1. The Morgan fingerprint density at radius 3 is 1.86 bits per heavy atom. The van der Waals surface area contributed by atoms with E-state index < -0.39 is 17.9 Å². The number of nitrogens with one attached hydrogen (secondary N) is 2. The maximum absolute atomic E-state index is 11.8. The monoisotopic (exact) mass is 891 g/mol. The van der Waals surface area contributed by atoms with Crippen LogP contribution in [-0.4, -0.2) is 40.7 Å². The summed E-state index contributed by atoms with van der Waals surface area (Å²) in [5.74, 6) is -1.80. The number of aliphatic carboxylic acids is 2. The van der Waals surface area contributed by atoms with Gasteiger partial charge >= 0.3 is 39.0 Å². The molecule has 1 aliphatic rings. The number of ether oxygens (including phenoxy) is 1. The summed E-state index contributed by atoms with van der Waals surface area (Å²) < 4.78 is 9.25. The van der Waals surface area contributed by atoms with Crippen molar-refractivity contribution in [1.29, 1.82) is 0 Å². The van der Waals surface area contributed by atoms with Gasteiger partial charge in [-0.1, -0.05) is 97.3 Å². The number of rotatable bonds is 14. The van der Waals surface area contributed by atoms with Crippen LogP contribution in [0.25, 0.3) is 33.3 Å². The minimum Gasteiger partial charge on any atom is -0.677 e. The standard InChI is InChI=1S/C20H21N2O4.C10H20O2.C7H14N2.C3H8.Pt/c1-13-14(2)16-7-5-11-22(12-26-18(25)9-8-17(23)24)20(16)19-15(13)6-4-10-21(19)3;1-2-3-4-5-6-7-8-9-10(11)12;8-5-6-3-1-2-4-7(6)9;1-3-2;/h4-7,10-11H,8-9,12H2,1-3H3;2-9H2,1H3,(H,11,12);6-9H,1-5H2;3H2,1-2H3;/q+1;;-2;;+2/p+1/t;;6-,7+;;/m..1../s1. The molecule has 3 aromatic rings. The summed E-state index contributed by atoms with van der Waals surface area (Å²) in [5, 5.41) is 19.3. The number of carbonyl (C=O) groups is 3. The molecule has 10 nitrogen and oxygen atoms in total. The van der Waals surface area contributed by atoms with Crippen molar-refractivity contribution in [1.82, 2.24) is 0 Å². The van der Waals surface area contributed by atoms with Gasteiger partial charge in [-0.05, 0) is 43.5 Å². The van der Waals surface area contributed by atoms with Gasteiger partial charge in [-0.25, -0.2) is 0 Å². The third-order valence-electron chi connectivity index (χ3n) is 8.92. The Morgan fingerprint density at radius 2 is 1.33 bits per heavy atom. The molecule has 288 valence electrons. The second-order valence-corrected chi connectivity index (χ2v) is 13.2. The van der Waals surface area contributed by atoms with Gasteiger partial charge in [0.05, 0.1) is 23.6 Å². The topological polar surface area (TPSA) is 156 Å². The molecule has 1 fully saturated rings. The van der Waals surface area contributed by atoms with Gasteiger partial charge in [0, 0.05) is 18.6 Å². The average molecular weight is 892 g/mol. The second-order valence-electron chi connectivity index (χ2n) is 13.2. The summed E-state index contributed by atoms with van der Waals surface area (Å²) in [6, 6.07) is 8.17. The van der Waals surface area contributed by atoms with Gasteiger partial charge in [-0.2, -0.15) is 9.13 Å². The number of carboxylic acid groups (broad SMARTS) is 2. The van der Waals surface area contributed by atoms with Crippen LogP contribution in [0.1, 0.15) is 128 Å². The Kier molecular flexibility index (Phi) is 26.1. The number of aryl methyl sites for hydroxylation is 3. The molecule has 4 N–H and O–H groups in total. The fourth-order valence-corrected chi connectivity index (χ4v) is 5.95. The summed E-state index contributed by atoms with van der Waals surface area (Å²) in [4.78, 5) is 32.5. The molecule has 0 saturated heterocycles. The molecule has 2 atom stereocenters. The van der Waals surface area contributed by atoms with E-state index in [1.54, 1.807) is 0 Å². The summed E-state index contributed by atoms with van der Waals surface area (Å²) in [7, 11) is 1.99. The molecule has 0 spiro atoms. The first-order valence-electron chi connectivity index (χ1n) is 18.6. The smallest absolute Gasteiger partial charge is 0.677 e. The Hall–Kier alpha value is -2.94. The minimum absolute atomic E-state index is 0. The Balaban J connectivity index is 0.000000829. The number of unbranched alkanes of at least 4 members (excludes halogenated alkanes) is 6. The fourth-order valence-electron chi connectivity index (χ4n) is 5.95. The zero-order valence-electron chi connectivity index (χ0n) is 31.9. The number of aromatic nitrogens is 2. The van der Waals surface area contributed by atoms with Crippen LogP contribution in [0.4, 0.5) is 0 Å². The van der Waals surface area contributed by atoms with Crippen LogP contribution >= 0.6 is 0 Å². The van der Waals surface area contributed by atoms with E-state index >= 15 is 0 Å². The largest absolute Gasteiger partial charge is 2.00 e. The van der Waals surface area contributed by atoms with Crippen molar-refractivity contribution in [3.63, 3.8) is 0 Å². The number of nitrogens with zero attached hydrogens (tertiary/aromatic N) is 2. The summed E-state index contributed by atoms with van der Waals surface area (Å²) >= 11 is 0. The third-order valence-corrected chi connectivity index (χ3v) is 8.92. The second kappa shape index (κ2) is 27.7. The van der Waals surface area contributed by atoms with Crippen molar-refractivity contribution in [2.45, 2.75) is 144 Å². The van der Waals surface area contributed by atoms with Crippen LogP contribution in [0.3, 0.4) is 0 Å². The minimum atomic E-state index is -1.01. The van der Waals surface area contributed by atoms with Gasteiger partial charge in [0.15, 0.2) is 12.4 Å². The number of carboxylic acids is 2. The van der Waals surface area contributed by atoms with Crippen molar-refractivity contribution in [2.75, 3.05) is 6.54 Å². The molecule has 11 heteroatoms. The average Bonchev–Trinajstić information content (AvgIpc) is 3.09. The van der Waals surface area contributed by atoms with Gasteiger partial charge in [-0.15, -0.1) is 12.6 Å². The van der Waals surface area contributed by atoms with E-state index in [0.29, 0.717) is 18.9 Å². The number of hydrogen-bond donors (Lipinski definition) is 2. The van der Waals surface area contributed by atoms with Crippen molar-refractivity contribution < 1.29 is 59.5 Å². The molecule has 2 heterocycles. The number of hydrogen-bond acceptors (Lipinski definition) is 4. The number of fused-ring (bicyclic) bond motifs is 3. The van der Waals surface area contributed by atoms with E-state index in [1.807, 2.05) is 36.1 Å². The van der Waals surface area contributed by atoms with Crippen LogP contribution in [0.5, 0.6) is 0 Å². The Labute approximate surface area is 320 Å². The van der Waals surface area contributed by atoms with Crippen molar-refractivity contribution in [3.05, 3.63) is 59.3 Å². The molecule has 0 bridgehead atoms. The molecule has 0 unspecified atom stereocenters. The summed E-state index contributed by atoms with van der Waals surface area (Å²) in [6.45, 7) is 11.2. The zero-order chi connectivity index (χ0) is 37.5. The maximum atomic E-state index is 11.8. The fraction of sp³-hybridized carbons (Fsp3) is 0.625. The van der Waals surface area contributed by atoms with Crippen molar-refractivity contribution in [2.24, 2.45) is 13.0 Å². The SMILES string of the molecule is CCC.CCCCCCCCCC(=O)O.Cc1c(C)c2ccc[n+](COC(=O)CCC(=O)O)c2c2c1ccc[n+]2C.[NH-]C[C@H]1CCCC[C@@H]1[NH-].[Pt+2]. The molecule has 0 amide bonds. The van der Waals surface area contributed by atoms with Crippen LogP contribution in [0.15, 0.2) is 36.7 Å². The van der Waals surface area contributed by atoms with E-state index in [2.05, 4.69) is 51.3 Å². The molecule has 1 aromatic carbocycles. The first-order valence-corrected chi connectivity index (χ1v) is 18.6. The maximum Gasteiger partial charge on any atom is 2.00 e. The summed E-state index contributed by atoms with van der Waals surface area (Å²) in [5.41, 5.74) is 19.1. The first-order chi connectivity index (χ1) is 23.9. The third kappa shape index (κ3) is 17.9. The molecular formula is C40H64N4O6Pt+2. The molecule has 0 radical (unpaired) electrons. The van der Waals surface area contributed by atoms with Crippen molar-refractivity contribution in [3.8, 4) is 0 Å². The molecule has 0 aliphatic heterocycles. The van der Waals surface area contributed by atoms with Crippen LogP contribution in [0.2, 0.25) is 0 Å². The number of esters is 1. The summed E-state index contributed by atoms with van der Waals surface area (Å²) in [6.07, 6.45) is 18.0. The molecular weight excluding hydrogens is 828 g/mol. The quantitative estimate of drug-likeness (QED) is 0.0711. The molecule has 4 rings (SSSR count). The van der Waals surface area contributed by atoms with Gasteiger partial charge in [0.1, 0.15) is 7.05 Å². The molecule has 2 aromatic heterocycles. The van der Waals surface area contributed by atoms with E-state index in [0.717, 1.165) is 47.5 Å². The van der Waals surface area contributed by atoms with Crippen LogP contribution < -0.4 is 9.13 Å². The number of pyridine rings is 2. The van der Waals surface area contributed by atoms with E-state index in [4.69, 9.17) is 26.4 Å². The Morgan fingerprint density at radius 1 is 0.804 bits per heavy atom. The Bertz CT molecular complexity index is 1470. The molecule has 51 heavy (non-hydrogen) atoms. The number of carbonyl (C=O) groups excluding carboxylic acids is 1. The predicted molar refractivity (Wildman–Crippen MR) is 201 cm³/mol. The normalized spacial score (nSPS) is 14.8. The molecule has 1 saturated carbocycles. The van der Waals surface area contributed by atoms with Crippen molar-refractivity contribution >= 4 is 39.7 Å². The van der Waals surface area contributed by atoms with E-state index in [9.17, 15) is 14.4 Å². The van der Waals surface area contributed by atoms with E-state index in [1.165, 1.54) is 62.5 Å². The van der Waals surface area contributed by atoms with Gasteiger partial charge in [0.25, 0.3) is 17.8 Å². The van der Waals surface area contributed by atoms with Crippen LogP contribution in [0, 0.1) is 19.8 Å². The van der Waals surface area contributed by atoms with Gasteiger partial charge in [0.2, 0.25) is 0 Å². The molecule has 1 aliphatic carbocycles. The zero-order valence-corrected chi connectivity index (χ0v) is 34.1. The van der Waals surface area contributed by atoms with Gasteiger partial charge in [-0.3, -0.25) is 14.4 Å². The van der Waals surface area contributed by atoms with Crippen LogP contribution in [-0.2, 0) is 54.0 Å².